The third kappa shape index (κ3) is 4.50. The van der Waals surface area contributed by atoms with E-state index < -0.39 is 5.97 Å². The van der Waals surface area contributed by atoms with E-state index in [0.717, 1.165) is 11.3 Å². The topological polar surface area (TPSA) is 80.0 Å². The Morgan fingerprint density at radius 2 is 2.00 bits per heavy atom. The molecule has 25 heavy (non-hydrogen) atoms. The Labute approximate surface area is 146 Å². The van der Waals surface area contributed by atoms with Crippen molar-refractivity contribution < 1.29 is 23.8 Å². The summed E-state index contributed by atoms with van der Waals surface area (Å²) in [6.45, 7) is 6.12. The second-order valence-corrected chi connectivity index (χ2v) is 5.61. The van der Waals surface area contributed by atoms with Crippen LogP contribution in [0.15, 0.2) is 47.6 Å². The van der Waals surface area contributed by atoms with Gasteiger partial charge in [0.05, 0.1) is 18.9 Å². The first-order valence-electron chi connectivity index (χ1n) is 7.78. The fraction of sp³-hybridized carbons (Fsp3) is 0.263. The number of hydrogen-bond donors (Lipinski definition) is 1. The summed E-state index contributed by atoms with van der Waals surface area (Å²) in [6.07, 6.45) is 2.71. The summed E-state index contributed by atoms with van der Waals surface area (Å²) in [6, 6.07) is 7.40. The molecule has 0 saturated heterocycles. The molecular weight excluding hydrogens is 322 g/mol. The number of methoxy groups -OCH3 is 1. The Bertz CT molecular complexity index is 761. The quantitative estimate of drug-likeness (QED) is 0.745. The van der Waals surface area contributed by atoms with Crippen LogP contribution in [0.25, 0.3) is 0 Å². The number of rotatable bonds is 8. The summed E-state index contributed by atoms with van der Waals surface area (Å²) in [5.74, 6) is -0.425. The van der Waals surface area contributed by atoms with Crippen LogP contribution in [0, 0.1) is 6.92 Å². The van der Waals surface area contributed by atoms with Crippen LogP contribution in [0.1, 0.15) is 27.2 Å². The highest BCUT2D eigenvalue weighted by Gasteiger charge is 2.24. The Morgan fingerprint density at radius 3 is 2.56 bits per heavy atom. The van der Waals surface area contributed by atoms with Gasteiger partial charge < -0.3 is 19.2 Å². The molecule has 0 fully saturated rings. The summed E-state index contributed by atoms with van der Waals surface area (Å²) in [4.78, 5) is 25.5. The lowest BCUT2D eigenvalue weighted by Crippen LogP contribution is -2.31. The number of aryl methyl sites for hydroxylation is 1. The molecule has 0 bridgehead atoms. The molecule has 2 aromatic rings. The lowest BCUT2D eigenvalue weighted by molar-refractivity contribution is -0.136. The van der Waals surface area contributed by atoms with E-state index in [-0.39, 0.29) is 18.1 Å². The zero-order valence-corrected chi connectivity index (χ0v) is 14.3. The van der Waals surface area contributed by atoms with Crippen LogP contribution >= 0.6 is 0 Å². The smallest absolute Gasteiger partial charge is 0.311 e. The molecule has 0 aliphatic heterocycles. The average Bonchev–Trinajstić information content (AvgIpc) is 2.94. The summed E-state index contributed by atoms with van der Waals surface area (Å²) in [7, 11) is 1.59. The maximum absolute atomic E-state index is 12.9. The molecule has 0 aliphatic rings. The van der Waals surface area contributed by atoms with E-state index in [4.69, 9.17) is 14.3 Å². The first-order valence-corrected chi connectivity index (χ1v) is 7.78. The van der Waals surface area contributed by atoms with Crippen molar-refractivity contribution in [3.63, 3.8) is 0 Å². The van der Waals surface area contributed by atoms with Gasteiger partial charge in [0, 0.05) is 18.7 Å². The van der Waals surface area contributed by atoms with Crippen molar-refractivity contribution in [2.45, 2.75) is 19.9 Å². The first-order chi connectivity index (χ1) is 12.0. The van der Waals surface area contributed by atoms with Crippen molar-refractivity contribution in [3.8, 4) is 5.75 Å². The highest BCUT2D eigenvalue weighted by molar-refractivity contribution is 5.97. The van der Waals surface area contributed by atoms with Crippen LogP contribution in [0.5, 0.6) is 5.75 Å². The van der Waals surface area contributed by atoms with Crippen molar-refractivity contribution in [2.24, 2.45) is 0 Å². The third-order valence-corrected chi connectivity index (χ3v) is 3.75. The third-order valence-electron chi connectivity index (χ3n) is 3.75. The van der Waals surface area contributed by atoms with Crippen LogP contribution < -0.4 is 4.74 Å². The minimum atomic E-state index is -1.05. The second-order valence-electron chi connectivity index (χ2n) is 5.61. The standard InChI is InChI=1S/C19H21NO5/c1-4-9-20(11-14-5-7-15(24-3)8-6-14)19(23)18-13(2)12-25-16(18)10-17(21)22/h4-8,12H,1,9-11H2,2-3H3,(H,21,22). The van der Waals surface area contributed by atoms with Crippen molar-refractivity contribution in [2.75, 3.05) is 13.7 Å². The number of ether oxygens (including phenoxy) is 1. The summed E-state index contributed by atoms with van der Waals surface area (Å²) in [5.41, 5.74) is 1.85. The minimum absolute atomic E-state index is 0.166. The van der Waals surface area contributed by atoms with Gasteiger partial charge in [-0.3, -0.25) is 9.59 Å². The van der Waals surface area contributed by atoms with Gasteiger partial charge in [-0.1, -0.05) is 18.2 Å². The van der Waals surface area contributed by atoms with E-state index in [9.17, 15) is 9.59 Å². The van der Waals surface area contributed by atoms with Crippen LogP contribution in [0.3, 0.4) is 0 Å². The maximum Gasteiger partial charge on any atom is 0.311 e. The molecule has 1 aromatic carbocycles. The van der Waals surface area contributed by atoms with Gasteiger partial charge in [0.25, 0.3) is 5.91 Å². The molecule has 1 amide bonds. The first kappa shape index (κ1) is 18.3. The SMILES string of the molecule is C=CCN(Cc1ccc(OC)cc1)C(=O)c1c(C)coc1CC(=O)O. The van der Waals surface area contributed by atoms with Gasteiger partial charge in [0.2, 0.25) is 0 Å². The lowest BCUT2D eigenvalue weighted by atomic mass is 10.1. The predicted molar refractivity (Wildman–Crippen MR) is 92.7 cm³/mol. The molecule has 1 N–H and O–H groups in total. The van der Waals surface area contributed by atoms with E-state index >= 15 is 0 Å². The largest absolute Gasteiger partial charge is 0.497 e. The molecule has 0 aliphatic carbocycles. The van der Waals surface area contributed by atoms with Gasteiger partial charge in [0.1, 0.15) is 17.9 Å². The summed E-state index contributed by atoms with van der Waals surface area (Å²) >= 11 is 0. The van der Waals surface area contributed by atoms with E-state index in [0.29, 0.717) is 24.2 Å². The molecule has 2 rings (SSSR count). The fourth-order valence-corrected chi connectivity index (χ4v) is 2.54. The normalized spacial score (nSPS) is 10.3. The van der Waals surface area contributed by atoms with Gasteiger partial charge in [-0.05, 0) is 24.6 Å². The predicted octanol–water partition coefficient (Wildman–Crippen LogP) is 3.05. The van der Waals surface area contributed by atoms with Crippen LogP contribution in [-0.4, -0.2) is 35.5 Å². The van der Waals surface area contributed by atoms with Crippen molar-refractivity contribution in [3.05, 3.63) is 65.6 Å². The number of hydrogen-bond acceptors (Lipinski definition) is 4. The number of carboxylic acids is 1. The number of carbonyl (C=O) groups excluding carboxylic acids is 1. The monoisotopic (exact) mass is 343 g/mol. The Balaban J connectivity index is 2.27. The molecule has 1 aromatic heterocycles. The molecule has 0 spiro atoms. The Kier molecular flexibility index (Phi) is 6.00. The van der Waals surface area contributed by atoms with E-state index in [1.165, 1.54) is 6.26 Å². The summed E-state index contributed by atoms with van der Waals surface area (Å²) < 4.78 is 10.4. The van der Waals surface area contributed by atoms with E-state index in [1.807, 2.05) is 24.3 Å². The van der Waals surface area contributed by atoms with Gasteiger partial charge in [0.15, 0.2) is 0 Å². The number of amides is 1. The van der Waals surface area contributed by atoms with Crippen molar-refractivity contribution in [1.29, 1.82) is 0 Å². The highest BCUT2D eigenvalue weighted by Crippen LogP contribution is 2.21. The average molecular weight is 343 g/mol. The van der Waals surface area contributed by atoms with Gasteiger partial charge in [-0.25, -0.2) is 0 Å². The maximum atomic E-state index is 12.9. The van der Waals surface area contributed by atoms with Crippen molar-refractivity contribution in [1.82, 2.24) is 4.90 Å². The molecule has 0 radical (unpaired) electrons. The minimum Gasteiger partial charge on any atom is -0.497 e. The molecule has 6 heteroatoms. The van der Waals surface area contributed by atoms with Crippen LogP contribution in [0.4, 0.5) is 0 Å². The lowest BCUT2D eigenvalue weighted by Gasteiger charge is -2.22. The second kappa shape index (κ2) is 8.19. The molecule has 0 atom stereocenters. The number of furan rings is 1. The Hall–Kier alpha value is -3.02. The van der Waals surface area contributed by atoms with E-state index in [2.05, 4.69) is 6.58 Å². The molecule has 132 valence electrons. The molecule has 1 heterocycles. The fourth-order valence-electron chi connectivity index (χ4n) is 2.54. The number of carboxylic acid groups (broad SMARTS) is 1. The van der Waals surface area contributed by atoms with Crippen LogP contribution in [-0.2, 0) is 17.8 Å². The Morgan fingerprint density at radius 1 is 1.32 bits per heavy atom. The number of carbonyl (C=O) groups is 2. The number of benzene rings is 1. The number of nitrogens with zero attached hydrogens (tertiary/aromatic N) is 1. The van der Waals surface area contributed by atoms with E-state index in [1.54, 1.807) is 25.0 Å². The molecular formula is C19H21NO5. The molecule has 0 unspecified atom stereocenters. The number of aliphatic carboxylic acids is 1. The zero-order chi connectivity index (χ0) is 18.4. The summed E-state index contributed by atoms with van der Waals surface area (Å²) in [5, 5.41) is 9.00. The zero-order valence-electron chi connectivity index (χ0n) is 14.3. The highest BCUT2D eigenvalue weighted by atomic mass is 16.5. The van der Waals surface area contributed by atoms with Gasteiger partial charge in [-0.2, -0.15) is 0 Å². The van der Waals surface area contributed by atoms with Gasteiger partial charge >= 0.3 is 5.97 Å². The molecule has 6 nitrogen and oxygen atoms in total. The van der Waals surface area contributed by atoms with Crippen LogP contribution in [0.2, 0.25) is 0 Å². The van der Waals surface area contributed by atoms with Gasteiger partial charge in [-0.15, -0.1) is 6.58 Å². The molecule has 0 saturated carbocycles. The van der Waals surface area contributed by atoms with Crippen molar-refractivity contribution >= 4 is 11.9 Å².